The van der Waals surface area contributed by atoms with Gasteiger partial charge in [-0.15, -0.1) is 0 Å². The number of nitrogens with zero attached hydrogens (tertiary/aromatic N) is 2. The fourth-order valence-electron chi connectivity index (χ4n) is 3.85. The van der Waals surface area contributed by atoms with Gasteiger partial charge in [0.25, 0.3) is 10.0 Å². The Morgan fingerprint density at radius 3 is 2.20 bits per heavy atom. The van der Waals surface area contributed by atoms with Crippen LogP contribution in [0.3, 0.4) is 0 Å². The first-order chi connectivity index (χ1) is 18.8. The van der Waals surface area contributed by atoms with E-state index in [0.717, 1.165) is 17.0 Å². The molecule has 3 aromatic rings. The van der Waals surface area contributed by atoms with E-state index in [0.29, 0.717) is 21.7 Å². The smallest absolute Gasteiger partial charge is 0.417 e. The number of nitrogens with one attached hydrogen (secondary N) is 1. The summed E-state index contributed by atoms with van der Waals surface area (Å²) in [6.07, 6.45) is -4.88. The second-order valence-electron chi connectivity index (χ2n) is 8.65. The maximum atomic E-state index is 13.7. The minimum atomic E-state index is -4.88. The van der Waals surface area contributed by atoms with E-state index < -0.39 is 56.9 Å². The van der Waals surface area contributed by atoms with Crippen LogP contribution in [-0.2, 0) is 32.3 Å². The summed E-state index contributed by atoms with van der Waals surface area (Å²) in [5.74, 6) is -0.788. The highest BCUT2D eigenvalue weighted by Gasteiger charge is 2.36. The maximum absolute atomic E-state index is 13.7. The fraction of sp³-hybridized carbons (Fsp3) is 0.259. The number of carbonyl (C=O) groups is 2. The van der Waals surface area contributed by atoms with E-state index >= 15 is 0 Å². The van der Waals surface area contributed by atoms with Gasteiger partial charge in [0.2, 0.25) is 11.8 Å². The van der Waals surface area contributed by atoms with Crippen molar-refractivity contribution in [1.82, 2.24) is 10.2 Å². The lowest BCUT2D eigenvalue weighted by atomic mass is 10.1. The minimum Gasteiger partial charge on any atom is -0.497 e. The van der Waals surface area contributed by atoms with Gasteiger partial charge in [0.15, 0.2) is 0 Å². The number of benzene rings is 3. The van der Waals surface area contributed by atoms with E-state index in [1.165, 1.54) is 45.3 Å². The number of carbonyl (C=O) groups excluding carboxylic acids is 2. The monoisotopic (exact) mass is 597 g/mol. The Kier molecular flexibility index (Phi) is 9.69. The molecule has 0 aliphatic rings. The van der Waals surface area contributed by atoms with Crippen molar-refractivity contribution in [1.29, 1.82) is 0 Å². The lowest BCUT2D eigenvalue weighted by Gasteiger charge is -2.32. The van der Waals surface area contributed by atoms with Crippen LogP contribution in [0.2, 0.25) is 5.02 Å². The second kappa shape index (κ2) is 12.6. The van der Waals surface area contributed by atoms with Gasteiger partial charge in [-0.25, -0.2) is 8.42 Å². The standard InChI is InChI=1S/C27H27ClF3N3O5S/c1-18(26(36)32-2)33(16-19-9-12-21(39-3)13-10-19)25(35)17-34(40(37,38)22-7-5-4-6-8-22)20-11-14-24(28)23(15-20)27(29,30)31/h4-15,18H,16-17H2,1-3H3,(H,32,36)/t18-/m1/s1. The van der Waals surface area contributed by atoms with Gasteiger partial charge in [0.1, 0.15) is 18.3 Å². The Hall–Kier alpha value is -3.77. The van der Waals surface area contributed by atoms with E-state index in [2.05, 4.69) is 5.32 Å². The molecular formula is C27H27ClF3N3O5S. The molecule has 13 heteroatoms. The van der Waals surface area contributed by atoms with Crippen molar-refractivity contribution in [2.75, 3.05) is 25.0 Å². The molecule has 3 rings (SSSR count). The summed E-state index contributed by atoms with van der Waals surface area (Å²) in [4.78, 5) is 27.1. The minimum absolute atomic E-state index is 0.0922. The molecule has 1 atom stereocenters. The zero-order valence-corrected chi connectivity index (χ0v) is 23.3. The van der Waals surface area contributed by atoms with E-state index in [9.17, 15) is 31.2 Å². The van der Waals surface area contributed by atoms with E-state index in [1.807, 2.05) is 0 Å². The number of sulfonamides is 1. The van der Waals surface area contributed by atoms with Gasteiger partial charge in [-0.2, -0.15) is 13.2 Å². The van der Waals surface area contributed by atoms with Crippen LogP contribution in [0.25, 0.3) is 0 Å². The van der Waals surface area contributed by atoms with Crippen LogP contribution < -0.4 is 14.4 Å². The van der Waals surface area contributed by atoms with Crippen LogP contribution in [0.4, 0.5) is 18.9 Å². The number of halogens is 4. The first-order valence-corrected chi connectivity index (χ1v) is 13.7. The quantitative estimate of drug-likeness (QED) is 0.365. The second-order valence-corrected chi connectivity index (χ2v) is 10.9. The SMILES string of the molecule is CNC(=O)[C@@H](C)N(Cc1ccc(OC)cc1)C(=O)CN(c1ccc(Cl)c(C(F)(F)F)c1)S(=O)(=O)c1ccccc1. The topological polar surface area (TPSA) is 96.0 Å². The Bertz CT molecular complexity index is 1450. The molecule has 214 valence electrons. The predicted octanol–water partition coefficient (Wildman–Crippen LogP) is 4.73. The van der Waals surface area contributed by atoms with Crippen LogP contribution in [0.5, 0.6) is 5.75 Å². The molecule has 2 amide bonds. The molecule has 0 aliphatic carbocycles. The Morgan fingerprint density at radius 1 is 1.02 bits per heavy atom. The number of amides is 2. The molecule has 1 N–H and O–H groups in total. The molecule has 0 spiro atoms. The number of hydrogen-bond acceptors (Lipinski definition) is 5. The van der Waals surface area contributed by atoms with Gasteiger partial charge >= 0.3 is 6.18 Å². The number of anilines is 1. The predicted molar refractivity (Wildman–Crippen MR) is 145 cm³/mol. The summed E-state index contributed by atoms with van der Waals surface area (Å²) >= 11 is 5.76. The van der Waals surface area contributed by atoms with Crippen LogP contribution in [0.15, 0.2) is 77.7 Å². The van der Waals surface area contributed by atoms with Crippen molar-refractivity contribution in [3.05, 3.63) is 88.9 Å². The molecular weight excluding hydrogens is 571 g/mol. The zero-order chi connectivity index (χ0) is 29.7. The summed E-state index contributed by atoms with van der Waals surface area (Å²) in [7, 11) is -1.66. The third kappa shape index (κ3) is 7.05. The summed E-state index contributed by atoms with van der Waals surface area (Å²) in [5.41, 5.74) is -1.08. The number of hydrogen-bond donors (Lipinski definition) is 1. The van der Waals surface area contributed by atoms with Crippen molar-refractivity contribution in [2.24, 2.45) is 0 Å². The van der Waals surface area contributed by atoms with E-state index in [-0.39, 0.29) is 11.4 Å². The molecule has 0 saturated heterocycles. The van der Waals surface area contributed by atoms with Crippen LogP contribution in [0.1, 0.15) is 18.1 Å². The molecule has 40 heavy (non-hydrogen) atoms. The maximum Gasteiger partial charge on any atom is 0.417 e. The molecule has 3 aromatic carbocycles. The Balaban J connectivity index is 2.09. The highest BCUT2D eigenvalue weighted by Crippen LogP contribution is 2.38. The van der Waals surface area contributed by atoms with Crippen molar-refractivity contribution in [3.63, 3.8) is 0 Å². The molecule has 0 unspecified atom stereocenters. The summed E-state index contributed by atoms with van der Waals surface area (Å²) < 4.78 is 74.0. The number of methoxy groups -OCH3 is 1. The fourth-order valence-corrected chi connectivity index (χ4v) is 5.50. The van der Waals surface area contributed by atoms with Crippen LogP contribution >= 0.6 is 11.6 Å². The first-order valence-electron chi connectivity index (χ1n) is 11.9. The lowest BCUT2D eigenvalue weighted by Crippen LogP contribution is -2.50. The zero-order valence-electron chi connectivity index (χ0n) is 21.8. The van der Waals surface area contributed by atoms with Gasteiger partial charge in [0, 0.05) is 13.6 Å². The van der Waals surface area contributed by atoms with Gasteiger partial charge in [-0.1, -0.05) is 41.9 Å². The summed E-state index contributed by atoms with van der Waals surface area (Å²) in [6, 6.07) is 15.2. The first kappa shape index (κ1) is 30.8. The van der Waals surface area contributed by atoms with Gasteiger partial charge < -0.3 is 15.0 Å². The number of alkyl halides is 3. The summed E-state index contributed by atoms with van der Waals surface area (Å²) in [5, 5.41) is 1.82. The summed E-state index contributed by atoms with van der Waals surface area (Å²) in [6.45, 7) is 0.471. The highest BCUT2D eigenvalue weighted by molar-refractivity contribution is 7.92. The van der Waals surface area contributed by atoms with Crippen molar-refractivity contribution in [3.8, 4) is 5.75 Å². The van der Waals surface area contributed by atoms with E-state index in [4.69, 9.17) is 16.3 Å². The molecule has 0 aliphatic heterocycles. The van der Waals surface area contributed by atoms with Gasteiger partial charge in [-0.3, -0.25) is 13.9 Å². The van der Waals surface area contributed by atoms with Crippen molar-refractivity contribution >= 4 is 39.1 Å². The molecule has 0 saturated carbocycles. The van der Waals surface area contributed by atoms with Crippen molar-refractivity contribution in [2.45, 2.75) is 30.6 Å². The number of likely N-dealkylation sites (N-methyl/N-ethyl adjacent to an activating group) is 1. The van der Waals surface area contributed by atoms with E-state index in [1.54, 1.807) is 30.3 Å². The number of rotatable bonds is 10. The third-order valence-corrected chi connectivity index (χ3v) is 8.20. The average Bonchev–Trinajstić information content (AvgIpc) is 2.94. The highest BCUT2D eigenvalue weighted by atomic mass is 35.5. The largest absolute Gasteiger partial charge is 0.497 e. The van der Waals surface area contributed by atoms with Gasteiger partial charge in [0.05, 0.1) is 28.3 Å². The molecule has 0 fully saturated rings. The third-order valence-electron chi connectivity index (χ3n) is 6.08. The lowest BCUT2D eigenvalue weighted by molar-refractivity contribution is -0.139. The molecule has 0 heterocycles. The molecule has 0 radical (unpaired) electrons. The molecule has 0 aromatic heterocycles. The van der Waals surface area contributed by atoms with Crippen molar-refractivity contribution < 1.29 is 35.9 Å². The Labute approximate surface area is 235 Å². The normalized spacial score (nSPS) is 12.4. The van der Waals surface area contributed by atoms with Gasteiger partial charge in [-0.05, 0) is 55.0 Å². The van der Waals surface area contributed by atoms with Crippen LogP contribution in [0, 0.1) is 0 Å². The number of ether oxygens (including phenoxy) is 1. The molecule has 0 bridgehead atoms. The Morgan fingerprint density at radius 2 is 1.65 bits per heavy atom. The molecule has 8 nitrogen and oxygen atoms in total. The van der Waals surface area contributed by atoms with Crippen LogP contribution in [-0.4, -0.2) is 51.9 Å². The average molecular weight is 598 g/mol.